The van der Waals surface area contributed by atoms with Gasteiger partial charge in [0.2, 0.25) is 0 Å². The molecule has 0 spiro atoms. The van der Waals surface area contributed by atoms with Crippen LogP contribution >= 0.6 is 0 Å². The lowest BCUT2D eigenvalue weighted by atomic mass is 10.2. The number of anilines is 1. The number of sulfonamides is 1. The number of carbonyl (C=O) groups is 1. The summed E-state index contributed by atoms with van der Waals surface area (Å²) in [6, 6.07) is 7.68. The maximum absolute atomic E-state index is 12.5. The summed E-state index contributed by atoms with van der Waals surface area (Å²) in [4.78, 5) is 16.5. The van der Waals surface area contributed by atoms with E-state index in [9.17, 15) is 13.2 Å². The van der Waals surface area contributed by atoms with Crippen molar-refractivity contribution in [3.05, 3.63) is 47.9 Å². The maximum Gasteiger partial charge on any atom is 0.291 e. The van der Waals surface area contributed by atoms with Crippen LogP contribution in [-0.4, -0.2) is 26.7 Å². The molecule has 1 aliphatic rings. The molecule has 7 nitrogen and oxygen atoms in total. The summed E-state index contributed by atoms with van der Waals surface area (Å²) >= 11 is 0. The van der Waals surface area contributed by atoms with Gasteiger partial charge in [-0.15, -0.1) is 0 Å². The Labute approximate surface area is 152 Å². The van der Waals surface area contributed by atoms with E-state index >= 15 is 0 Å². The van der Waals surface area contributed by atoms with E-state index in [2.05, 4.69) is 15.0 Å². The van der Waals surface area contributed by atoms with Gasteiger partial charge < -0.3 is 9.73 Å². The van der Waals surface area contributed by atoms with Gasteiger partial charge in [-0.1, -0.05) is 6.42 Å². The van der Waals surface area contributed by atoms with Crippen molar-refractivity contribution in [2.24, 2.45) is 4.99 Å². The maximum atomic E-state index is 12.5. The lowest BCUT2D eigenvalue weighted by molar-refractivity contribution is 0.0996. The molecule has 0 fully saturated rings. The van der Waals surface area contributed by atoms with Crippen molar-refractivity contribution in [3.63, 3.8) is 0 Å². The number of hydrogen-bond donors (Lipinski definition) is 2. The Morgan fingerprint density at radius 2 is 1.88 bits per heavy atom. The molecule has 8 heteroatoms. The fraction of sp³-hybridized carbons (Fsp3) is 0.333. The van der Waals surface area contributed by atoms with Crippen LogP contribution in [0.2, 0.25) is 0 Å². The molecule has 3 rings (SSSR count). The molecule has 0 atom stereocenters. The molecular formula is C18H21N3O4S. The first kappa shape index (κ1) is 18.2. The third-order valence-electron chi connectivity index (χ3n) is 4.12. The minimum Gasteiger partial charge on any atom is -0.459 e. The van der Waals surface area contributed by atoms with Crippen molar-refractivity contribution in [2.45, 2.75) is 37.5 Å². The van der Waals surface area contributed by atoms with Crippen LogP contribution in [0.3, 0.4) is 0 Å². The van der Waals surface area contributed by atoms with Crippen molar-refractivity contribution in [1.82, 2.24) is 4.72 Å². The minimum absolute atomic E-state index is 0.122. The highest BCUT2D eigenvalue weighted by Crippen LogP contribution is 2.17. The van der Waals surface area contributed by atoms with Crippen LogP contribution in [0.25, 0.3) is 0 Å². The summed E-state index contributed by atoms with van der Waals surface area (Å²) in [5.74, 6) is 0.358. The van der Waals surface area contributed by atoms with E-state index in [1.165, 1.54) is 18.4 Å². The highest BCUT2D eigenvalue weighted by molar-refractivity contribution is 7.90. The molecule has 0 saturated heterocycles. The first-order chi connectivity index (χ1) is 12.5. The van der Waals surface area contributed by atoms with Crippen molar-refractivity contribution in [2.75, 3.05) is 11.9 Å². The van der Waals surface area contributed by atoms with Crippen molar-refractivity contribution in [3.8, 4) is 0 Å². The zero-order valence-electron chi connectivity index (χ0n) is 14.5. The largest absolute Gasteiger partial charge is 0.459 e. The highest BCUT2D eigenvalue weighted by Gasteiger charge is 2.18. The van der Waals surface area contributed by atoms with Gasteiger partial charge in [0.05, 0.1) is 11.2 Å². The van der Waals surface area contributed by atoms with E-state index in [-0.39, 0.29) is 16.6 Å². The van der Waals surface area contributed by atoms with E-state index in [4.69, 9.17) is 4.42 Å². The molecule has 1 amide bonds. The van der Waals surface area contributed by atoms with Crippen LogP contribution < -0.4 is 10.0 Å². The molecule has 138 valence electrons. The molecule has 26 heavy (non-hydrogen) atoms. The van der Waals surface area contributed by atoms with Crippen LogP contribution in [0.15, 0.2) is 50.9 Å². The summed E-state index contributed by atoms with van der Waals surface area (Å²) in [5, 5.41) is 2.68. The van der Waals surface area contributed by atoms with Gasteiger partial charge >= 0.3 is 0 Å². The average molecular weight is 375 g/mol. The summed E-state index contributed by atoms with van der Waals surface area (Å²) in [6.45, 7) is 2.42. The van der Waals surface area contributed by atoms with Gasteiger partial charge in [0.1, 0.15) is 5.84 Å². The Balaban J connectivity index is 1.69. The molecule has 2 heterocycles. The van der Waals surface area contributed by atoms with Gasteiger partial charge in [0.15, 0.2) is 5.76 Å². The number of rotatable bonds is 4. The van der Waals surface area contributed by atoms with Gasteiger partial charge in [-0.3, -0.25) is 14.5 Å². The van der Waals surface area contributed by atoms with Gasteiger partial charge in [0.25, 0.3) is 15.9 Å². The number of carbonyl (C=O) groups excluding carboxylic acids is 1. The lowest BCUT2D eigenvalue weighted by Crippen LogP contribution is -2.30. The third-order valence-corrected chi connectivity index (χ3v) is 5.51. The van der Waals surface area contributed by atoms with E-state index in [0.717, 1.165) is 24.8 Å². The molecule has 0 unspecified atom stereocenters. The van der Waals surface area contributed by atoms with Crippen molar-refractivity contribution >= 4 is 27.5 Å². The fourth-order valence-corrected chi connectivity index (χ4v) is 3.77. The van der Waals surface area contributed by atoms with Gasteiger partial charge in [0, 0.05) is 24.2 Å². The van der Waals surface area contributed by atoms with Gasteiger partial charge in [-0.05, 0) is 50.1 Å². The number of furan rings is 1. The molecule has 0 bridgehead atoms. The Morgan fingerprint density at radius 3 is 2.58 bits per heavy atom. The zero-order valence-corrected chi connectivity index (χ0v) is 15.3. The van der Waals surface area contributed by atoms with Crippen LogP contribution in [0.1, 0.15) is 41.8 Å². The smallest absolute Gasteiger partial charge is 0.291 e. The predicted molar refractivity (Wildman–Crippen MR) is 98.9 cm³/mol. The van der Waals surface area contributed by atoms with E-state index in [1.807, 2.05) is 0 Å². The Morgan fingerprint density at radius 1 is 1.12 bits per heavy atom. The summed E-state index contributed by atoms with van der Waals surface area (Å²) in [7, 11) is -3.68. The number of aliphatic imine (C=N–C) groups is 1. The fourth-order valence-electron chi connectivity index (χ4n) is 2.68. The van der Waals surface area contributed by atoms with Gasteiger partial charge in [-0.25, -0.2) is 8.42 Å². The topological polar surface area (TPSA) is 101 Å². The minimum atomic E-state index is -3.68. The SMILES string of the molecule is Cc1ccoc1C(=O)Nc1ccc(S(=O)(=O)NC2=NCCCCC2)cc1. The number of hydrogen-bond acceptors (Lipinski definition) is 5. The molecule has 1 aromatic heterocycles. The second kappa shape index (κ2) is 7.74. The molecule has 1 aromatic carbocycles. The number of amidine groups is 1. The highest BCUT2D eigenvalue weighted by atomic mass is 32.2. The molecule has 2 aromatic rings. The van der Waals surface area contributed by atoms with Crippen LogP contribution in [-0.2, 0) is 10.0 Å². The first-order valence-electron chi connectivity index (χ1n) is 8.47. The average Bonchev–Trinajstić information content (AvgIpc) is 2.88. The summed E-state index contributed by atoms with van der Waals surface area (Å²) in [6.07, 6.45) is 5.04. The normalized spacial score (nSPS) is 15.0. The molecule has 1 aliphatic heterocycles. The predicted octanol–water partition coefficient (Wildman–Crippen LogP) is 3.09. The molecule has 0 saturated carbocycles. The second-order valence-electron chi connectivity index (χ2n) is 6.16. The second-order valence-corrected chi connectivity index (χ2v) is 7.84. The molecule has 0 radical (unpaired) electrons. The number of nitrogens with zero attached hydrogens (tertiary/aromatic N) is 1. The molecular weight excluding hydrogens is 354 g/mol. The molecule has 0 aliphatic carbocycles. The van der Waals surface area contributed by atoms with E-state index in [0.29, 0.717) is 24.5 Å². The van der Waals surface area contributed by atoms with Crippen molar-refractivity contribution in [1.29, 1.82) is 0 Å². The quantitative estimate of drug-likeness (QED) is 0.857. The van der Waals surface area contributed by atoms with Crippen LogP contribution in [0, 0.1) is 6.92 Å². The molecule has 2 N–H and O–H groups in total. The number of nitrogens with one attached hydrogen (secondary N) is 2. The number of aryl methyl sites for hydroxylation is 1. The number of amides is 1. The summed E-state index contributed by atoms with van der Waals surface area (Å²) < 4.78 is 32.7. The van der Waals surface area contributed by atoms with E-state index in [1.54, 1.807) is 25.1 Å². The van der Waals surface area contributed by atoms with Gasteiger partial charge in [-0.2, -0.15) is 0 Å². The summed E-state index contributed by atoms with van der Waals surface area (Å²) in [5.41, 5.74) is 1.21. The van der Waals surface area contributed by atoms with E-state index < -0.39 is 10.0 Å². The zero-order chi connectivity index (χ0) is 18.6. The lowest BCUT2D eigenvalue weighted by Gasteiger charge is -2.10. The van der Waals surface area contributed by atoms with Crippen LogP contribution in [0.5, 0.6) is 0 Å². The Kier molecular flexibility index (Phi) is 5.41. The first-order valence-corrected chi connectivity index (χ1v) is 9.96. The monoisotopic (exact) mass is 375 g/mol. The standard InChI is InChI=1S/C18H21N3O4S/c1-13-10-12-25-17(13)18(22)20-14-6-8-15(9-7-14)26(23,24)21-16-5-3-2-4-11-19-16/h6-10,12H,2-5,11H2,1H3,(H,19,21)(H,20,22). The van der Waals surface area contributed by atoms with Crippen molar-refractivity contribution < 1.29 is 17.6 Å². The number of benzene rings is 1. The Bertz CT molecular complexity index is 914. The third kappa shape index (κ3) is 4.32. The van der Waals surface area contributed by atoms with Crippen LogP contribution in [0.4, 0.5) is 5.69 Å². The Hall–Kier alpha value is -2.61.